The molecule has 0 aliphatic carbocycles. The fourth-order valence-electron chi connectivity index (χ4n) is 3.74. The number of amides is 1. The number of anilines is 1. The molecule has 0 fully saturated rings. The molecule has 0 radical (unpaired) electrons. The van der Waals surface area contributed by atoms with Crippen molar-refractivity contribution in [1.82, 2.24) is 5.32 Å². The lowest BCUT2D eigenvalue weighted by atomic mass is 9.86. The van der Waals surface area contributed by atoms with Crippen LogP contribution in [0.5, 0.6) is 0 Å². The van der Waals surface area contributed by atoms with Gasteiger partial charge in [0, 0.05) is 16.4 Å². The highest BCUT2D eigenvalue weighted by Gasteiger charge is 2.37. The summed E-state index contributed by atoms with van der Waals surface area (Å²) in [6.07, 6.45) is 1.49. The Kier molecular flexibility index (Phi) is 8.16. The second-order valence-electron chi connectivity index (χ2n) is 7.88. The van der Waals surface area contributed by atoms with Crippen LogP contribution in [0.2, 0.25) is 5.02 Å². The van der Waals surface area contributed by atoms with Gasteiger partial charge in [-0.05, 0) is 42.8 Å². The lowest BCUT2D eigenvalue weighted by molar-refractivity contribution is -0.140. The summed E-state index contributed by atoms with van der Waals surface area (Å²) < 4.78 is 11.2. The first-order valence-electron chi connectivity index (χ1n) is 11.0. The zero-order chi connectivity index (χ0) is 25.5. The van der Waals surface area contributed by atoms with Crippen LogP contribution in [0.25, 0.3) is 0 Å². The van der Waals surface area contributed by atoms with Crippen LogP contribution in [-0.2, 0) is 20.9 Å². The Morgan fingerprint density at radius 3 is 2.67 bits per heavy atom. The van der Waals surface area contributed by atoms with Crippen LogP contribution >= 0.6 is 23.4 Å². The van der Waals surface area contributed by atoms with Crippen molar-refractivity contribution in [2.45, 2.75) is 19.4 Å². The van der Waals surface area contributed by atoms with Crippen molar-refractivity contribution < 1.29 is 18.7 Å². The minimum atomic E-state index is -0.770. The maximum Gasteiger partial charge on any atom is 0.337 e. The van der Waals surface area contributed by atoms with Gasteiger partial charge in [-0.25, -0.2) is 4.79 Å². The van der Waals surface area contributed by atoms with Crippen molar-refractivity contribution in [1.29, 1.82) is 5.26 Å². The van der Waals surface area contributed by atoms with E-state index in [2.05, 4.69) is 16.7 Å². The number of carbonyl (C=O) groups excluding carboxylic acids is 2. The second kappa shape index (κ2) is 11.7. The number of ether oxygens (including phenoxy) is 1. The molecule has 7 nitrogen and oxygen atoms in total. The summed E-state index contributed by atoms with van der Waals surface area (Å²) in [5, 5.41) is 16.9. The van der Waals surface area contributed by atoms with Crippen LogP contribution in [0.3, 0.4) is 0 Å². The van der Waals surface area contributed by atoms with Gasteiger partial charge in [0.2, 0.25) is 5.91 Å². The zero-order valence-corrected chi connectivity index (χ0v) is 20.9. The number of furan rings is 1. The first-order valence-corrected chi connectivity index (χ1v) is 12.4. The Morgan fingerprint density at radius 1 is 1.17 bits per heavy atom. The van der Waals surface area contributed by atoms with Gasteiger partial charge in [-0.2, -0.15) is 5.26 Å². The number of hydrogen-bond acceptors (Lipinski definition) is 7. The molecule has 36 heavy (non-hydrogen) atoms. The number of nitrogens with zero attached hydrogens (tertiary/aromatic N) is 1. The summed E-state index contributed by atoms with van der Waals surface area (Å²) in [5.41, 5.74) is 2.49. The molecule has 0 unspecified atom stereocenters. The van der Waals surface area contributed by atoms with Gasteiger partial charge in [-0.15, -0.1) is 0 Å². The number of carbonyl (C=O) groups is 2. The zero-order valence-electron chi connectivity index (χ0n) is 19.3. The molecule has 1 aliphatic rings. The molecular formula is C27H22ClN3O4S. The van der Waals surface area contributed by atoms with Crippen LogP contribution in [0.4, 0.5) is 5.69 Å². The van der Waals surface area contributed by atoms with E-state index in [-0.39, 0.29) is 29.4 Å². The number of hydrogen-bond donors (Lipinski definition) is 2. The molecule has 9 heteroatoms. The average molecular weight is 520 g/mol. The number of halogens is 1. The maximum absolute atomic E-state index is 13.2. The van der Waals surface area contributed by atoms with Crippen molar-refractivity contribution in [3.8, 4) is 6.07 Å². The first-order chi connectivity index (χ1) is 17.5. The topological polar surface area (TPSA) is 104 Å². The van der Waals surface area contributed by atoms with Crippen LogP contribution < -0.4 is 10.6 Å². The summed E-state index contributed by atoms with van der Waals surface area (Å²) in [4.78, 5) is 25.7. The van der Waals surface area contributed by atoms with Gasteiger partial charge in [0.25, 0.3) is 0 Å². The molecule has 0 saturated carbocycles. The number of rotatable bonds is 8. The van der Waals surface area contributed by atoms with Crippen molar-refractivity contribution in [3.63, 3.8) is 0 Å². The van der Waals surface area contributed by atoms with Crippen molar-refractivity contribution in [2.24, 2.45) is 0 Å². The summed E-state index contributed by atoms with van der Waals surface area (Å²) in [5.74, 6) is -1.13. The van der Waals surface area contributed by atoms with Gasteiger partial charge in [0.1, 0.15) is 12.4 Å². The van der Waals surface area contributed by atoms with Gasteiger partial charge >= 0.3 is 5.97 Å². The van der Waals surface area contributed by atoms with E-state index < -0.39 is 11.9 Å². The monoisotopic (exact) mass is 519 g/mol. The smallest absolute Gasteiger partial charge is 0.337 e. The molecule has 2 aromatic carbocycles. The standard InChI is InChI=1S/C27H22ClN3O4S/c1-17-24(27(33)35-15-18-7-3-2-4-8-18)25(22-11-6-12-34-22)21(14-29)26(30-17)36-16-23(32)31-20-10-5-9-19(28)13-20/h2-13,25,30H,15-16H2,1H3,(H,31,32)/t25-/m0/s1. The van der Waals surface area contributed by atoms with E-state index in [0.29, 0.717) is 27.2 Å². The van der Waals surface area contributed by atoms with Gasteiger partial charge in [0.15, 0.2) is 0 Å². The molecule has 1 amide bonds. The predicted octanol–water partition coefficient (Wildman–Crippen LogP) is 5.74. The number of benzene rings is 2. The molecular weight excluding hydrogens is 498 g/mol. The largest absolute Gasteiger partial charge is 0.468 e. The van der Waals surface area contributed by atoms with Crippen LogP contribution in [-0.4, -0.2) is 17.6 Å². The van der Waals surface area contributed by atoms with Gasteiger partial charge < -0.3 is 19.8 Å². The Labute approximate surface area is 217 Å². The maximum atomic E-state index is 13.2. The number of nitrogens with one attached hydrogen (secondary N) is 2. The SMILES string of the molecule is CC1=C(C(=O)OCc2ccccc2)[C@H](c2ccco2)C(C#N)=C(SCC(=O)Nc2cccc(Cl)c2)N1. The highest BCUT2D eigenvalue weighted by Crippen LogP contribution is 2.41. The van der Waals surface area contributed by atoms with E-state index >= 15 is 0 Å². The molecule has 2 N–H and O–H groups in total. The van der Waals surface area contributed by atoms with E-state index in [1.54, 1.807) is 43.3 Å². The highest BCUT2D eigenvalue weighted by atomic mass is 35.5. The third-order valence-electron chi connectivity index (χ3n) is 5.36. The fourth-order valence-corrected chi connectivity index (χ4v) is 4.82. The minimum Gasteiger partial charge on any atom is -0.468 e. The Balaban J connectivity index is 1.54. The van der Waals surface area contributed by atoms with E-state index in [1.807, 2.05) is 30.3 Å². The van der Waals surface area contributed by atoms with Gasteiger partial charge in [-0.1, -0.05) is 59.8 Å². The van der Waals surface area contributed by atoms with E-state index in [0.717, 1.165) is 17.3 Å². The van der Waals surface area contributed by atoms with Gasteiger partial charge in [0.05, 0.1) is 40.2 Å². The van der Waals surface area contributed by atoms with Crippen molar-refractivity contribution in [2.75, 3.05) is 11.1 Å². The summed E-state index contributed by atoms with van der Waals surface area (Å²) >= 11 is 7.14. The molecule has 2 heterocycles. The van der Waals surface area contributed by atoms with E-state index in [1.165, 1.54) is 6.26 Å². The Bertz CT molecular complexity index is 1360. The number of thioether (sulfide) groups is 1. The Hall–Kier alpha value is -3.93. The summed E-state index contributed by atoms with van der Waals surface area (Å²) in [6, 6.07) is 21.8. The molecule has 4 rings (SSSR count). The highest BCUT2D eigenvalue weighted by molar-refractivity contribution is 8.03. The summed E-state index contributed by atoms with van der Waals surface area (Å²) in [6.45, 7) is 1.83. The molecule has 1 aromatic heterocycles. The number of esters is 1. The first kappa shape index (κ1) is 25.2. The van der Waals surface area contributed by atoms with Crippen LogP contribution in [0.1, 0.15) is 24.2 Å². The normalized spacial score (nSPS) is 15.2. The predicted molar refractivity (Wildman–Crippen MR) is 139 cm³/mol. The fraction of sp³-hybridized carbons (Fsp3) is 0.148. The molecule has 0 bridgehead atoms. The lowest BCUT2D eigenvalue weighted by Crippen LogP contribution is -2.29. The number of dihydropyridines is 1. The molecule has 182 valence electrons. The minimum absolute atomic E-state index is 0.0337. The van der Waals surface area contributed by atoms with E-state index in [4.69, 9.17) is 20.8 Å². The molecule has 0 saturated heterocycles. The van der Waals surface area contributed by atoms with Crippen molar-refractivity contribution in [3.05, 3.63) is 111 Å². The number of nitriles is 1. The van der Waals surface area contributed by atoms with E-state index in [9.17, 15) is 14.9 Å². The molecule has 3 aromatic rings. The molecule has 1 aliphatic heterocycles. The van der Waals surface area contributed by atoms with Crippen molar-refractivity contribution >= 4 is 40.9 Å². The van der Waals surface area contributed by atoms with Crippen LogP contribution in [0, 0.1) is 11.3 Å². The average Bonchev–Trinajstić information content (AvgIpc) is 3.41. The molecule has 1 atom stereocenters. The number of allylic oxidation sites excluding steroid dienone is 2. The van der Waals surface area contributed by atoms with Gasteiger partial charge in [-0.3, -0.25) is 4.79 Å². The quantitative estimate of drug-likeness (QED) is 0.365. The lowest BCUT2D eigenvalue weighted by Gasteiger charge is -2.28. The molecule has 0 spiro atoms. The third kappa shape index (κ3) is 6.00. The Morgan fingerprint density at radius 2 is 1.97 bits per heavy atom. The summed E-state index contributed by atoms with van der Waals surface area (Å²) in [7, 11) is 0. The second-order valence-corrected chi connectivity index (χ2v) is 9.30. The third-order valence-corrected chi connectivity index (χ3v) is 6.62. The van der Waals surface area contributed by atoms with Crippen LogP contribution in [0.15, 0.2) is 99.3 Å².